The first-order chi connectivity index (χ1) is 18.3. The van der Waals surface area contributed by atoms with Crippen molar-refractivity contribution in [2.24, 2.45) is 0 Å². The van der Waals surface area contributed by atoms with Crippen molar-refractivity contribution in [2.75, 3.05) is 0 Å². The lowest BCUT2D eigenvalue weighted by molar-refractivity contribution is -0.152. The molecule has 0 bridgehead atoms. The fraction of sp³-hybridized carbons (Fsp3) is 0.0333. The molecule has 0 N–H and O–H groups in total. The topological polar surface area (TPSA) is 80.3 Å². The van der Waals surface area contributed by atoms with Gasteiger partial charge in [0.15, 0.2) is 0 Å². The highest BCUT2D eigenvalue weighted by Gasteiger charge is 2.39. The number of ether oxygens (including phenoxy) is 1. The van der Waals surface area contributed by atoms with Gasteiger partial charge in [-0.1, -0.05) is 72.8 Å². The molecule has 1 heterocycles. The van der Waals surface area contributed by atoms with Crippen LogP contribution in [0.25, 0.3) is 38.9 Å². The van der Waals surface area contributed by atoms with Crippen LogP contribution >= 0.6 is 0 Å². The summed E-state index contributed by atoms with van der Waals surface area (Å²) in [5.41, 5.74) is -1.55. The van der Waals surface area contributed by atoms with Crippen LogP contribution in [0, 0.1) is 11.3 Å². The Balaban J connectivity index is 1.61. The Morgan fingerprint density at radius 2 is 1.61 bits per heavy atom. The summed E-state index contributed by atoms with van der Waals surface area (Å²) in [6.07, 6.45) is -3.67. The van der Waals surface area contributed by atoms with Crippen LogP contribution in [0.5, 0.6) is 5.75 Å². The van der Waals surface area contributed by atoms with Gasteiger partial charge >= 0.3 is 12.1 Å². The molecule has 8 heteroatoms. The zero-order valence-corrected chi connectivity index (χ0v) is 19.5. The van der Waals surface area contributed by atoms with E-state index in [1.165, 1.54) is 24.3 Å². The monoisotopic (exact) mass is 511 g/mol. The molecule has 1 aromatic heterocycles. The van der Waals surface area contributed by atoms with Crippen LogP contribution in [0.2, 0.25) is 0 Å². The van der Waals surface area contributed by atoms with Gasteiger partial charge in [0.05, 0.1) is 10.9 Å². The zero-order valence-electron chi connectivity index (χ0n) is 19.5. The first kappa shape index (κ1) is 24.5. The number of carbonyl (C=O) groups is 1. The highest BCUT2D eigenvalue weighted by atomic mass is 19.4. The van der Waals surface area contributed by atoms with Gasteiger partial charge in [0, 0.05) is 6.07 Å². The first-order valence-corrected chi connectivity index (χ1v) is 11.3. The van der Waals surface area contributed by atoms with Gasteiger partial charge in [-0.15, -0.1) is 0 Å². The Hall–Kier alpha value is -5.16. The number of hydrogen-bond donors (Lipinski definition) is 0. The van der Waals surface area contributed by atoms with Gasteiger partial charge in [-0.05, 0) is 40.1 Å². The van der Waals surface area contributed by atoms with E-state index in [-0.39, 0.29) is 22.3 Å². The predicted molar refractivity (Wildman–Crippen MR) is 136 cm³/mol. The van der Waals surface area contributed by atoms with E-state index < -0.39 is 34.5 Å². The molecule has 5 nitrogen and oxygen atoms in total. The Kier molecular flexibility index (Phi) is 6.27. The van der Waals surface area contributed by atoms with Gasteiger partial charge in [0.1, 0.15) is 23.0 Å². The first-order valence-electron chi connectivity index (χ1n) is 11.3. The van der Waals surface area contributed by atoms with E-state index in [4.69, 9.17) is 9.15 Å². The number of benzene rings is 4. The van der Waals surface area contributed by atoms with E-state index in [0.29, 0.717) is 16.3 Å². The summed E-state index contributed by atoms with van der Waals surface area (Å²) in [5.74, 6) is -2.66. The van der Waals surface area contributed by atoms with Gasteiger partial charge in [-0.3, -0.25) is 4.79 Å². The molecule has 4 aromatic carbocycles. The zero-order chi connectivity index (χ0) is 26.9. The average molecular weight is 511 g/mol. The van der Waals surface area contributed by atoms with E-state index in [1.54, 1.807) is 72.8 Å². The van der Waals surface area contributed by atoms with Gasteiger partial charge in [-0.2, -0.15) is 18.4 Å². The second-order valence-electron chi connectivity index (χ2n) is 8.29. The number of rotatable bonds is 4. The van der Waals surface area contributed by atoms with Crippen LogP contribution in [-0.2, 0) is 11.0 Å². The third-order valence-corrected chi connectivity index (χ3v) is 5.84. The van der Waals surface area contributed by atoms with Gasteiger partial charge in [-0.25, -0.2) is 4.79 Å². The number of carbonyl (C=O) groups excluding carboxylic acids is 1. The lowest BCUT2D eigenvalue weighted by atomic mass is 9.96. The van der Waals surface area contributed by atoms with Crippen LogP contribution in [-0.4, -0.2) is 5.97 Å². The number of halogens is 3. The van der Waals surface area contributed by atoms with Crippen LogP contribution in [0.3, 0.4) is 0 Å². The predicted octanol–water partition coefficient (Wildman–Crippen LogP) is 7.14. The number of hydrogen-bond acceptors (Lipinski definition) is 5. The summed E-state index contributed by atoms with van der Waals surface area (Å²) in [6.45, 7) is 0. The summed E-state index contributed by atoms with van der Waals surface area (Å²) in [4.78, 5) is 26.0. The molecule has 5 aromatic rings. The minimum Gasteiger partial charge on any atom is -0.450 e. The number of alkyl halides is 3. The second kappa shape index (κ2) is 9.71. The van der Waals surface area contributed by atoms with E-state index >= 15 is 0 Å². The Labute approximate surface area is 213 Å². The summed E-state index contributed by atoms with van der Waals surface area (Å²) >= 11 is 0. The molecule has 0 spiro atoms. The summed E-state index contributed by atoms with van der Waals surface area (Å²) in [5, 5.41) is 10.4. The molecule has 0 amide bonds. The molecule has 38 heavy (non-hydrogen) atoms. The van der Waals surface area contributed by atoms with E-state index in [0.717, 1.165) is 6.07 Å². The van der Waals surface area contributed by atoms with Crippen LogP contribution < -0.4 is 10.2 Å². The smallest absolute Gasteiger partial charge is 0.450 e. The van der Waals surface area contributed by atoms with Crippen LogP contribution in [0.15, 0.2) is 106 Å². The highest BCUT2D eigenvalue weighted by Crippen LogP contribution is 2.39. The summed E-state index contributed by atoms with van der Waals surface area (Å²) in [7, 11) is 0. The average Bonchev–Trinajstić information content (AvgIpc) is 2.91. The van der Waals surface area contributed by atoms with Crippen molar-refractivity contribution in [2.45, 2.75) is 6.18 Å². The largest absolute Gasteiger partial charge is 0.450 e. The molecule has 0 aliphatic rings. The maximum atomic E-state index is 14.1. The van der Waals surface area contributed by atoms with Gasteiger partial charge < -0.3 is 9.15 Å². The van der Waals surface area contributed by atoms with Crippen molar-refractivity contribution < 1.29 is 27.1 Å². The lowest BCUT2D eigenvalue weighted by Crippen LogP contribution is -2.16. The van der Waals surface area contributed by atoms with Gasteiger partial charge in [0.2, 0.25) is 11.2 Å². The summed E-state index contributed by atoms with van der Waals surface area (Å²) < 4.78 is 52.9. The maximum absolute atomic E-state index is 14.1. The molecular weight excluding hydrogens is 495 g/mol. The van der Waals surface area contributed by atoms with Crippen molar-refractivity contribution in [3.63, 3.8) is 0 Å². The third-order valence-electron chi connectivity index (χ3n) is 5.84. The number of nitriles is 1. The van der Waals surface area contributed by atoms with Crippen molar-refractivity contribution in [3.8, 4) is 22.9 Å². The molecule has 186 valence electrons. The minimum atomic E-state index is -4.99. The Bertz CT molecular complexity index is 1830. The third kappa shape index (κ3) is 4.65. The van der Waals surface area contributed by atoms with Crippen LogP contribution in [0.4, 0.5) is 13.2 Å². The second-order valence-corrected chi connectivity index (χ2v) is 8.29. The summed E-state index contributed by atoms with van der Waals surface area (Å²) in [6, 6.07) is 25.4. The van der Waals surface area contributed by atoms with Gasteiger partial charge in [0.25, 0.3) is 0 Å². The molecule has 0 aliphatic carbocycles. The number of fused-ring (bicyclic) bond motifs is 2. The van der Waals surface area contributed by atoms with E-state index in [2.05, 4.69) is 0 Å². The Morgan fingerprint density at radius 3 is 2.34 bits per heavy atom. The fourth-order valence-electron chi connectivity index (χ4n) is 4.14. The highest BCUT2D eigenvalue weighted by molar-refractivity contribution is 6.00. The molecular formula is C30H16F3NO4. The van der Waals surface area contributed by atoms with Crippen molar-refractivity contribution >= 4 is 33.8 Å². The number of nitrogens with zero attached hydrogens (tertiary/aromatic N) is 1. The number of esters is 1. The standard InChI is InChI=1S/C30H16F3NO4/c31-30(32,33)28-26(23-12-6-10-19-9-4-5-11-22(19)23)27(35)24-14-13-21(16-25(24)38-28)37-29(36)20(17-34)15-18-7-2-1-3-8-18/h1-16H. The lowest BCUT2D eigenvalue weighted by Gasteiger charge is -2.14. The Morgan fingerprint density at radius 1 is 0.895 bits per heavy atom. The molecule has 0 unspecified atom stereocenters. The van der Waals surface area contributed by atoms with Crippen molar-refractivity contribution in [1.29, 1.82) is 5.26 Å². The fourth-order valence-corrected chi connectivity index (χ4v) is 4.14. The van der Waals surface area contributed by atoms with Crippen molar-refractivity contribution in [1.82, 2.24) is 0 Å². The van der Waals surface area contributed by atoms with E-state index in [9.17, 15) is 28.0 Å². The van der Waals surface area contributed by atoms with E-state index in [1.807, 2.05) is 0 Å². The normalized spacial score (nSPS) is 11.9. The SMILES string of the molecule is N#CC(=Cc1ccccc1)C(=O)Oc1ccc2c(=O)c(-c3cccc4ccccc34)c(C(F)(F)F)oc2c1. The molecule has 0 atom stereocenters. The molecule has 5 rings (SSSR count). The molecule has 0 saturated heterocycles. The minimum absolute atomic E-state index is 0.0892. The van der Waals surface area contributed by atoms with Crippen molar-refractivity contribution in [3.05, 3.63) is 118 Å². The quantitative estimate of drug-likeness (QED) is 0.111. The maximum Gasteiger partial charge on any atom is 0.450 e. The molecule has 0 radical (unpaired) electrons. The molecule has 0 aliphatic heterocycles. The van der Waals surface area contributed by atoms with Crippen LogP contribution in [0.1, 0.15) is 11.3 Å². The molecule has 0 saturated carbocycles. The molecule has 0 fully saturated rings.